The molecular formula is C12H26N2. The molecule has 1 fully saturated rings. The van der Waals surface area contributed by atoms with Crippen LogP contribution in [0.25, 0.3) is 0 Å². The lowest BCUT2D eigenvalue weighted by Crippen LogP contribution is -2.44. The van der Waals surface area contributed by atoms with Crippen LogP contribution in [0.1, 0.15) is 40.5 Å². The third-order valence-corrected chi connectivity index (χ3v) is 3.72. The lowest BCUT2D eigenvalue weighted by molar-refractivity contribution is 0.168. The number of hydrogen-bond acceptors (Lipinski definition) is 2. The van der Waals surface area contributed by atoms with Gasteiger partial charge in [0.15, 0.2) is 0 Å². The molecule has 2 unspecified atom stereocenters. The van der Waals surface area contributed by atoms with E-state index in [1.165, 1.54) is 25.9 Å². The van der Waals surface area contributed by atoms with Crippen LogP contribution >= 0.6 is 0 Å². The molecule has 1 aliphatic heterocycles. The summed E-state index contributed by atoms with van der Waals surface area (Å²) in [4.78, 5) is 2.59. The molecule has 0 radical (unpaired) electrons. The van der Waals surface area contributed by atoms with Gasteiger partial charge in [0, 0.05) is 19.1 Å². The van der Waals surface area contributed by atoms with Gasteiger partial charge < -0.3 is 5.73 Å². The van der Waals surface area contributed by atoms with Gasteiger partial charge in [0.1, 0.15) is 0 Å². The molecule has 2 atom stereocenters. The molecule has 0 aliphatic carbocycles. The topological polar surface area (TPSA) is 29.3 Å². The van der Waals surface area contributed by atoms with Gasteiger partial charge >= 0.3 is 0 Å². The third kappa shape index (κ3) is 2.71. The van der Waals surface area contributed by atoms with Crippen LogP contribution in [0.15, 0.2) is 0 Å². The van der Waals surface area contributed by atoms with Crippen molar-refractivity contribution in [2.75, 3.05) is 19.6 Å². The third-order valence-electron chi connectivity index (χ3n) is 3.72. The Morgan fingerprint density at radius 2 is 2.07 bits per heavy atom. The van der Waals surface area contributed by atoms with Crippen molar-refractivity contribution >= 4 is 0 Å². The van der Waals surface area contributed by atoms with E-state index < -0.39 is 0 Å². The number of nitrogens with zero attached hydrogens (tertiary/aromatic N) is 1. The van der Waals surface area contributed by atoms with Gasteiger partial charge in [-0.05, 0) is 24.3 Å². The van der Waals surface area contributed by atoms with Crippen molar-refractivity contribution in [2.24, 2.45) is 17.1 Å². The number of nitrogens with two attached hydrogens (primary N) is 1. The molecule has 0 aromatic rings. The summed E-state index contributed by atoms with van der Waals surface area (Å²) in [6.07, 6.45) is 2.55. The van der Waals surface area contributed by atoms with Crippen LogP contribution < -0.4 is 5.73 Å². The predicted molar refractivity (Wildman–Crippen MR) is 62.3 cm³/mol. The summed E-state index contributed by atoms with van der Waals surface area (Å²) in [6, 6.07) is 0.599. The Labute approximate surface area is 88.8 Å². The van der Waals surface area contributed by atoms with Crippen molar-refractivity contribution in [2.45, 2.75) is 46.6 Å². The van der Waals surface area contributed by atoms with E-state index >= 15 is 0 Å². The molecule has 0 aromatic carbocycles. The molecular weight excluding hydrogens is 172 g/mol. The average molecular weight is 198 g/mol. The fraction of sp³-hybridized carbons (Fsp3) is 1.00. The minimum Gasteiger partial charge on any atom is -0.329 e. The molecule has 0 bridgehead atoms. The smallest absolute Gasteiger partial charge is 0.0244 e. The van der Waals surface area contributed by atoms with Crippen LogP contribution in [0, 0.1) is 11.3 Å². The maximum absolute atomic E-state index is 5.88. The summed E-state index contributed by atoms with van der Waals surface area (Å²) < 4.78 is 0. The average Bonchev–Trinajstić information content (AvgIpc) is 2.47. The lowest BCUT2D eigenvalue weighted by Gasteiger charge is -2.32. The number of hydrogen-bond donors (Lipinski definition) is 1. The molecule has 1 aliphatic rings. The minimum absolute atomic E-state index is 0.501. The van der Waals surface area contributed by atoms with E-state index in [2.05, 4.69) is 32.6 Å². The van der Waals surface area contributed by atoms with E-state index in [-0.39, 0.29) is 0 Å². The molecule has 84 valence electrons. The highest BCUT2D eigenvalue weighted by Gasteiger charge is 2.34. The zero-order valence-corrected chi connectivity index (χ0v) is 10.2. The molecule has 0 aromatic heterocycles. The van der Waals surface area contributed by atoms with E-state index in [1.807, 2.05) is 0 Å². The SMILES string of the molecule is CCC(C)C(CN)N1CCC(C)(C)C1. The zero-order chi connectivity index (χ0) is 10.8. The van der Waals surface area contributed by atoms with Crippen molar-refractivity contribution < 1.29 is 0 Å². The van der Waals surface area contributed by atoms with Crippen molar-refractivity contribution in [3.63, 3.8) is 0 Å². The van der Waals surface area contributed by atoms with Gasteiger partial charge in [-0.2, -0.15) is 0 Å². The first kappa shape index (κ1) is 12.0. The van der Waals surface area contributed by atoms with Crippen molar-refractivity contribution in [3.8, 4) is 0 Å². The second-order valence-corrected chi connectivity index (χ2v) is 5.57. The first-order chi connectivity index (χ1) is 6.50. The molecule has 1 rings (SSSR count). The van der Waals surface area contributed by atoms with E-state index in [0.29, 0.717) is 11.5 Å². The maximum Gasteiger partial charge on any atom is 0.0244 e. The van der Waals surface area contributed by atoms with Gasteiger partial charge in [0.25, 0.3) is 0 Å². The van der Waals surface area contributed by atoms with E-state index in [1.54, 1.807) is 0 Å². The van der Waals surface area contributed by atoms with Crippen LogP contribution in [0.5, 0.6) is 0 Å². The predicted octanol–water partition coefficient (Wildman–Crippen LogP) is 2.09. The zero-order valence-electron chi connectivity index (χ0n) is 10.2. The summed E-state index contributed by atoms with van der Waals surface area (Å²) in [6.45, 7) is 12.6. The first-order valence-electron chi connectivity index (χ1n) is 5.94. The Morgan fingerprint density at radius 3 is 2.43 bits per heavy atom. The van der Waals surface area contributed by atoms with Gasteiger partial charge in [0.05, 0.1) is 0 Å². The first-order valence-corrected chi connectivity index (χ1v) is 5.94. The summed E-state index contributed by atoms with van der Waals surface area (Å²) in [5.41, 5.74) is 6.38. The lowest BCUT2D eigenvalue weighted by atomic mass is 9.92. The van der Waals surface area contributed by atoms with Crippen LogP contribution in [0.2, 0.25) is 0 Å². The minimum atomic E-state index is 0.501. The van der Waals surface area contributed by atoms with Crippen molar-refractivity contribution in [3.05, 3.63) is 0 Å². The molecule has 1 saturated heterocycles. The molecule has 2 N–H and O–H groups in total. The van der Waals surface area contributed by atoms with Gasteiger partial charge in [-0.1, -0.05) is 34.1 Å². The molecule has 2 nitrogen and oxygen atoms in total. The molecule has 1 heterocycles. The van der Waals surface area contributed by atoms with Crippen molar-refractivity contribution in [1.29, 1.82) is 0 Å². The largest absolute Gasteiger partial charge is 0.329 e. The Hall–Kier alpha value is -0.0800. The monoisotopic (exact) mass is 198 g/mol. The van der Waals surface area contributed by atoms with Crippen LogP contribution in [-0.4, -0.2) is 30.6 Å². The summed E-state index contributed by atoms with van der Waals surface area (Å²) >= 11 is 0. The highest BCUT2D eigenvalue weighted by atomic mass is 15.2. The Kier molecular flexibility index (Phi) is 3.96. The van der Waals surface area contributed by atoms with Crippen LogP contribution in [-0.2, 0) is 0 Å². The number of rotatable bonds is 4. The fourth-order valence-electron chi connectivity index (χ4n) is 2.45. The molecule has 2 heteroatoms. The van der Waals surface area contributed by atoms with Crippen LogP contribution in [0.4, 0.5) is 0 Å². The van der Waals surface area contributed by atoms with E-state index in [9.17, 15) is 0 Å². The Balaban J connectivity index is 2.55. The second kappa shape index (κ2) is 4.63. The highest BCUT2D eigenvalue weighted by molar-refractivity contribution is 4.88. The molecule has 0 spiro atoms. The summed E-state index contributed by atoms with van der Waals surface area (Å²) in [5, 5.41) is 0. The second-order valence-electron chi connectivity index (χ2n) is 5.57. The van der Waals surface area contributed by atoms with Crippen molar-refractivity contribution in [1.82, 2.24) is 4.90 Å². The Bertz CT molecular complexity index is 177. The highest BCUT2D eigenvalue weighted by Crippen LogP contribution is 2.31. The van der Waals surface area contributed by atoms with Crippen LogP contribution in [0.3, 0.4) is 0 Å². The van der Waals surface area contributed by atoms with Gasteiger partial charge in [-0.25, -0.2) is 0 Å². The normalized spacial score (nSPS) is 26.4. The van der Waals surface area contributed by atoms with Gasteiger partial charge in [0.2, 0.25) is 0 Å². The van der Waals surface area contributed by atoms with Gasteiger partial charge in [-0.15, -0.1) is 0 Å². The standard InChI is InChI=1S/C12H26N2/c1-5-10(2)11(8-13)14-7-6-12(3,4)9-14/h10-11H,5-9,13H2,1-4H3. The Morgan fingerprint density at radius 1 is 1.43 bits per heavy atom. The fourth-order valence-corrected chi connectivity index (χ4v) is 2.45. The quantitative estimate of drug-likeness (QED) is 0.749. The van der Waals surface area contributed by atoms with E-state index in [4.69, 9.17) is 5.73 Å². The van der Waals surface area contributed by atoms with Gasteiger partial charge in [-0.3, -0.25) is 4.90 Å². The molecule has 14 heavy (non-hydrogen) atoms. The molecule has 0 amide bonds. The molecule has 0 saturated carbocycles. The maximum atomic E-state index is 5.88. The summed E-state index contributed by atoms with van der Waals surface area (Å²) in [7, 11) is 0. The summed E-state index contributed by atoms with van der Waals surface area (Å²) in [5.74, 6) is 0.730. The van der Waals surface area contributed by atoms with E-state index in [0.717, 1.165) is 12.5 Å². The number of likely N-dealkylation sites (tertiary alicyclic amines) is 1.